The Morgan fingerprint density at radius 3 is 2.69 bits per heavy atom. The van der Waals surface area contributed by atoms with Crippen molar-refractivity contribution in [2.75, 3.05) is 11.1 Å². The van der Waals surface area contributed by atoms with Gasteiger partial charge in [-0.3, -0.25) is 0 Å². The lowest BCUT2D eigenvalue weighted by atomic mass is 9.91. The fourth-order valence-corrected chi connectivity index (χ4v) is 3.96. The van der Waals surface area contributed by atoms with Crippen LogP contribution in [-0.2, 0) is 6.18 Å². The highest BCUT2D eigenvalue weighted by Crippen LogP contribution is 2.37. The maximum absolute atomic E-state index is 14.7. The highest BCUT2D eigenvalue weighted by atomic mass is 19.4. The summed E-state index contributed by atoms with van der Waals surface area (Å²) in [6.07, 6.45) is 0.264. The van der Waals surface area contributed by atoms with E-state index >= 15 is 0 Å². The van der Waals surface area contributed by atoms with E-state index in [9.17, 15) is 22.7 Å². The van der Waals surface area contributed by atoms with Gasteiger partial charge >= 0.3 is 6.18 Å². The smallest absolute Gasteiger partial charge is 0.399 e. The van der Waals surface area contributed by atoms with Crippen molar-refractivity contribution in [2.45, 2.75) is 44.5 Å². The van der Waals surface area contributed by atoms with Gasteiger partial charge in [-0.1, -0.05) is 12.1 Å². The zero-order valence-corrected chi connectivity index (χ0v) is 17.2. The van der Waals surface area contributed by atoms with Gasteiger partial charge in [0.1, 0.15) is 5.82 Å². The molecule has 5 nitrogen and oxygen atoms in total. The summed E-state index contributed by atoms with van der Waals surface area (Å²) in [6, 6.07) is 6.61. The van der Waals surface area contributed by atoms with E-state index in [1.54, 1.807) is 6.92 Å². The van der Waals surface area contributed by atoms with Gasteiger partial charge in [0, 0.05) is 16.6 Å². The molecule has 1 aromatic heterocycles. The summed E-state index contributed by atoms with van der Waals surface area (Å²) in [6.45, 7) is 1.55. The van der Waals surface area contributed by atoms with Crippen LogP contribution in [0.3, 0.4) is 0 Å². The van der Waals surface area contributed by atoms with E-state index in [-0.39, 0.29) is 17.4 Å². The number of alkyl halides is 3. The number of anilines is 2. The van der Waals surface area contributed by atoms with Crippen molar-refractivity contribution >= 4 is 27.9 Å². The molecule has 0 radical (unpaired) electrons. The van der Waals surface area contributed by atoms with Gasteiger partial charge in [-0.15, -0.1) is 0 Å². The van der Waals surface area contributed by atoms with Crippen LogP contribution >= 0.6 is 0 Å². The Hall–Kier alpha value is -3.20. The van der Waals surface area contributed by atoms with Crippen LogP contribution in [-0.4, -0.2) is 21.4 Å². The van der Waals surface area contributed by atoms with Crippen molar-refractivity contribution in [3.8, 4) is 0 Å². The average molecular weight is 446 g/mol. The number of aliphatic hydroxyl groups excluding tert-OH is 1. The minimum atomic E-state index is -4.85. The van der Waals surface area contributed by atoms with Crippen LogP contribution in [0.2, 0.25) is 0 Å². The minimum absolute atomic E-state index is 0.172. The molecule has 0 saturated heterocycles. The number of aliphatic hydroxyl groups is 1. The van der Waals surface area contributed by atoms with Crippen molar-refractivity contribution in [1.29, 1.82) is 0 Å². The van der Waals surface area contributed by atoms with Crippen LogP contribution in [0.25, 0.3) is 16.5 Å². The summed E-state index contributed by atoms with van der Waals surface area (Å²) >= 11 is 0. The summed E-state index contributed by atoms with van der Waals surface area (Å²) in [5.74, 6) is -1.36. The number of hydrogen-bond acceptors (Lipinski definition) is 5. The number of benzene rings is 2. The Morgan fingerprint density at radius 1 is 1.22 bits per heavy atom. The molecule has 9 heteroatoms. The predicted molar refractivity (Wildman–Crippen MR) is 115 cm³/mol. The molecule has 1 unspecified atom stereocenters. The van der Waals surface area contributed by atoms with Crippen LogP contribution in [0.15, 0.2) is 42.6 Å². The van der Waals surface area contributed by atoms with Gasteiger partial charge in [0.05, 0.1) is 35.1 Å². The Morgan fingerprint density at radius 2 is 2.00 bits per heavy atom. The number of allylic oxidation sites excluding steroid dienone is 1. The number of halogens is 4. The third kappa shape index (κ3) is 4.38. The Kier molecular flexibility index (Phi) is 5.77. The molecule has 1 heterocycles. The van der Waals surface area contributed by atoms with E-state index in [0.717, 1.165) is 17.6 Å². The maximum atomic E-state index is 14.7. The fourth-order valence-electron chi connectivity index (χ4n) is 3.96. The standard InChI is InChI=1S/C23H22F4N4O/c1-12(17-9-15(28)10-19(22(17)24)23(25,26)27)30-21-11-29-31-20-7-4-14(8-18(20)21)13-2-5-16(32)6-3-13/h2,4,7-12,16,32H,3,5-6,28H2,1H3,(H,30,31)/t12-,16?/m1/s1. The second kappa shape index (κ2) is 8.38. The van der Waals surface area contributed by atoms with Crippen molar-refractivity contribution in [3.05, 3.63) is 65.1 Å². The van der Waals surface area contributed by atoms with Crippen molar-refractivity contribution in [2.24, 2.45) is 0 Å². The van der Waals surface area contributed by atoms with E-state index < -0.39 is 23.6 Å². The molecule has 4 N–H and O–H groups in total. The monoisotopic (exact) mass is 446 g/mol. The molecular weight excluding hydrogens is 424 g/mol. The average Bonchev–Trinajstić information content (AvgIpc) is 2.75. The van der Waals surface area contributed by atoms with Crippen molar-refractivity contribution in [1.82, 2.24) is 10.2 Å². The summed E-state index contributed by atoms with van der Waals surface area (Å²) in [5.41, 5.74) is 7.02. The molecular formula is C23H22F4N4O. The third-order valence-corrected chi connectivity index (χ3v) is 5.66. The highest BCUT2D eigenvalue weighted by molar-refractivity contribution is 5.93. The highest BCUT2D eigenvalue weighted by Gasteiger charge is 2.36. The second-order valence-electron chi connectivity index (χ2n) is 7.98. The normalized spacial score (nSPS) is 17.8. The summed E-state index contributed by atoms with van der Waals surface area (Å²) in [7, 11) is 0. The van der Waals surface area contributed by atoms with Gasteiger partial charge in [0.25, 0.3) is 0 Å². The molecule has 0 aliphatic heterocycles. The van der Waals surface area contributed by atoms with E-state index in [1.165, 1.54) is 12.3 Å². The first-order chi connectivity index (χ1) is 15.1. The molecule has 0 bridgehead atoms. The van der Waals surface area contributed by atoms with Crippen molar-refractivity contribution in [3.63, 3.8) is 0 Å². The molecule has 4 rings (SSSR count). The lowest BCUT2D eigenvalue weighted by Crippen LogP contribution is -2.15. The third-order valence-electron chi connectivity index (χ3n) is 5.66. The molecule has 0 saturated carbocycles. The number of nitrogens with zero attached hydrogens (tertiary/aromatic N) is 2. The number of nitrogen functional groups attached to an aromatic ring is 1. The first kappa shape index (κ1) is 22.0. The predicted octanol–water partition coefficient (Wildman–Crippen LogP) is 5.47. The lowest BCUT2D eigenvalue weighted by molar-refractivity contribution is -0.140. The van der Waals surface area contributed by atoms with Crippen LogP contribution in [0, 0.1) is 5.82 Å². The number of nitrogens with two attached hydrogens (primary N) is 1. The lowest BCUT2D eigenvalue weighted by Gasteiger charge is -2.21. The Bertz CT molecular complexity index is 1190. The summed E-state index contributed by atoms with van der Waals surface area (Å²) in [5, 5.41) is 21.5. The van der Waals surface area contributed by atoms with E-state index in [1.807, 2.05) is 24.3 Å². The first-order valence-electron chi connectivity index (χ1n) is 10.2. The number of hydrogen-bond donors (Lipinski definition) is 3. The van der Waals surface area contributed by atoms with Crippen LogP contribution < -0.4 is 11.1 Å². The van der Waals surface area contributed by atoms with Gasteiger partial charge in [-0.2, -0.15) is 23.4 Å². The number of fused-ring (bicyclic) bond motifs is 1. The van der Waals surface area contributed by atoms with Gasteiger partial charge in [0.15, 0.2) is 0 Å². The molecule has 0 spiro atoms. The topological polar surface area (TPSA) is 84.1 Å². The zero-order valence-electron chi connectivity index (χ0n) is 17.2. The molecule has 2 atom stereocenters. The van der Waals surface area contributed by atoms with E-state index in [4.69, 9.17) is 5.73 Å². The summed E-state index contributed by atoms with van der Waals surface area (Å²) < 4.78 is 54.3. The second-order valence-corrected chi connectivity index (χ2v) is 7.98. The number of aromatic nitrogens is 2. The molecule has 0 fully saturated rings. The quantitative estimate of drug-likeness (QED) is 0.366. The molecule has 168 valence electrons. The number of rotatable bonds is 4. The van der Waals surface area contributed by atoms with Gasteiger partial charge in [-0.05, 0) is 61.6 Å². The van der Waals surface area contributed by atoms with Crippen LogP contribution in [0.5, 0.6) is 0 Å². The molecule has 1 aliphatic carbocycles. The maximum Gasteiger partial charge on any atom is 0.419 e. The SMILES string of the molecule is C[C@@H](Nc1cnnc2ccc(C3=CCC(O)CC3)cc12)c1cc(N)cc(C(F)(F)F)c1F. The molecule has 32 heavy (non-hydrogen) atoms. The summed E-state index contributed by atoms with van der Waals surface area (Å²) in [4.78, 5) is 0. The van der Waals surface area contributed by atoms with E-state index in [2.05, 4.69) is 15.5 Å². The Labute approximate surface area is 182 Å². The molecule has 0 amide bonds. The van der Waals surface area contributed by atoms with Crippen LogP contribution in [0.4, 0.5) is 28.9 Å². The fraction of sp³-hybridized carbons (Fsp3) is 0.304. The van der Waals surface area contributed by atoms with Crippen LogP contribution in [0.1, 0.15) is 48.9 Å². The van der Waals surface area contributed by atoms with Crippen molar-refractivity contribution < 1.29 is 22.7 Å². The minimum Gasteiger partial charge on any atom is -0.399 e. The van der Waals surface area contributed by atoms with Gasteiger partial charge in [-0.25, -0.2) is 4.39 Å². The van der Waals surface area contributed by atoms with Gasteiger partial charge in [0.2, 0.25) is 0 Å². The van der Waals surface area contributed by atoms with Gasteiger partial charge < -0.3 is 16.2 Å². The van der Waals surface area contributed by atoms with E-state index in [0.29, 0.717) is 35.5 Å². The Balaban J connectivity index is 1.70. The molecule has 3 aromatic rings. The first-order valence-corrected chi connectivity index (χ1v) is 10.2. The molecule has 1 aliphatic rings. The number of nitrogens with one attached hydrogen (secondary N) is 1. The largest absolute Gasteiger partial charge is 0.419 e. The zero-order chi connectivity index (χ0) is 23.0. The molecule has 2 aromatic carbocycles.